The number of rotatable bonds is 12. The van der Waals surface area contributed by atoms with E-state index in [9.17, 15) is 4.79 Å². The van der Waals surface area contributed by atoms with Crippen molar-refractivity contribution in [3.63, 3.8) is 0 Å². The van der Waals surface area contributed by atoms with E-state index in [0.29, 0.717) is 30.4 Å². The third-order valence-corrected chi connectivity index (χ3v) is 8.55. The smallest absolute Gasteiger partial charge is 0.241 e. The zero-order valence-electron chi connectivity index (χ0n) is 25.6. The van der Waals surface area contributed by atoms with Gasteiger partial charge in [-0.1, -0.05) is 58.0 Å². The lowest BCUT2D eigenvalue weighted by atomic mass is 9.99. The summed E-state index contributed by atoms with van der Waals surface area (Å²) in [6.45, 7) is 16.3. The molecule has 2 aliphatic heterocycles. The highest BCUT2D eigenvalue weighted by molar-refractivity contribution is 5.82. The molecule has 4 rings (SSSR count). The SMILES string of the molecule is CC(C)CCN1CCN(C)CC1C(=O)N1CCC(N(CCC(C)C)c2ccc(OCc3ccccc3)cc2)CC1. The number of carbonyl (C=O) groups excluding carboxylic acids is 1. The lowest BCUT2D eigenvalue weighted by Gasteiger charge is -2.44. The number of amides is 1. The average Bonchev–Trinajstić information content (AvgIpc) is 2.96. The molecule has 2 aliphatic rings. The first-order valence-corrected chi connectivity index (χ1v) is 15.5. The highest BCUT2D eigenvalue weighted by Gasteiger charge is 2.36. The van der Waals surface area contributed by atoms with Crippen molar-refractivity contribution in [3.8, 4) is 5.75 Å². The number of anilines is 1. The molecule has 0 aliphatic carbocycles. The Morgan fingerprint density at radius 3 is 2.23 bits per heavy atom. The fraction of sp³-hybridized carbons (Fsp3) is 0.618. The second-order valence-corrected chi connectivity index (χ2v) is 12.7. The van der Waals surface area contributed by atoms with Gasteiger partial charge >= 0.3 is 0 Å². The molecule has 2 saturated heterocycles. The van der Waals surface area contributed by atoms with Crippen LogP contribution in [0.25, 0.3) is 0 Å². The van der Waals surface area contributed by atoms with E-state index in [4.69, 9.17) is 4.74 Å². The molecular formula is C34H52N4O2. The summed E-state index contributed by atoms with van der Waals surface area (Å²) < 4.78 is 6.04. The number of benzene rings is 2. The first kappa shape index (κ1) is 30.4. The average molecular weight is 549 g/mol. The lowest BCUT2D eigenvalue weighted by molar-refractivity contribution is -0.140. The minimum absolute atomic E-state index is 0.00507. The van der Waals surface area contributed by atoms with E-state index in [0.717, 1.165) is 77.2 Å². The molecule has 2 aromatic carbocycles. The van der Waals surface area contributed by atoms with Crippen LogP contribution in [0.3, 0.4) is 0 Å². The van der Waals surface area contributed by atoms with Gasteiger partial charge in [-0.15, -0.1) is 0 Å². The summed E-state index contributed by atoms with van der Waals surface area (Å²) in [6, 6.07) is 19.4. The molecule has 6 heteroatoms. The normalized spacial score (nSPS) is 19.4. The molecule has 2 fully saturated rings. The van der Waals surface area contributed by atoms with Crippen LogP contribution in [0.15, 0.2) is 54.6 Å². The third-order valence-electron chi connectivity index (χ3n) is 8.55. The Bertz CT molecular complexity index is 1020. The van der Waals surface area contributed by atoms with Gasteiger partial charge in [-0.05, 0) is 80.9 Å². The monoisotopic (exact) mass is 548 g/mol. The summed E-state index contributed by atoms with van der Waals surface area (Å²) in [4.78, 5) is 23.3. The van der Waals surface area contributed by atoms with Crippen molar-refractivity contribution in [3.05, 3.63) is 60.2 Å². The molecule has 40 heavy (non-hydrogen) atoms. The van der Waals surface area contributed by atoms with E-state index in [2.05, 4.69) is 90.7 Å². The molecule has 0 aromatic heterocycles. The highest BCUT2D eigenvalue weighted by atomic mass is 16.5. The summed E-state index contributed by atoms with van der Waals surface area (Å²) in [5.74, 6) is 2.55. The van der Waals surface area contributed by atoms with Crippen molar-refractivity contribution in [1.82, 2.24) is 14.7 Å². The molecule has 0 bridgehead atoms. The van der Waals surface area contributed by atoms with Crippen LogP contribution in [-0.2, 0) is 11.4 Å². The standard InChI is InChI=1S/C34H52N4O2/c1-27(2)15-19-36-24-23-35(5)25-33(36)34(39)37-20-17-31(18-21-37)38(22-16-28(3)4)30-11-13-32(14-12-30)40-26-29-9-7-6-8-10-29/h6-14,27-28,31,33H,15-26H2,1-5H3. The van der Waals surface area contributed by atoms with Gasteiger partial charge in [0.05, 0.1) is 0 Å². The topological polar surface area (TPSA) is 39.3 Å². The number of nitrogens with zero attached hydrogens (tertiary/aromatic N) is 4. The van der Waals surface area contributed by atoms with Crippen LogP contribution in [0.4, 0.5) is 5.69 Å². The molecule has 2 aromatic rings. The quantitative estimate of drug-likeness (QED) is 0.337. The van der Waals surface area contributed by atoms with Gasteiger partial charge in [-0.25, -0.2) is 0 Å². The Labute approximate surface area is 243 Å². The van der Waals surface area contributed by atoms with E-state index in [-0.39, 0.29) is 6.04 Å². The maximum atomic E-state index is 13.7. The van der Waals surface area contributed by atoms with Crippen LogP contribution in [0, 0.1) is 11.8 Å². The Morgan fingerprint density at radius 2 is 1.57 bits per heavy atom. The van der Waals surface area contributed by atoms with Crippen molar-refractivity contribution in [2.75, 3.05) is 57.8 Å². The predicted octanol–water partition coefficient (Wildman–Crippen LogP) is 5.77. The van der Waals surface area contributed by atoms with Gasteiger partial charge in [0, 0.05) is 51.0 Å². The number of ether oxygens (including phenoxy) is 1. The number of carbonyl (C=O) groups is 1. The summed E-state index contributed by atoms with van der Waals surface area (Å²) in [7, 11) is 2.15. The molecule has 0 radical (unpaired) electrons. The molecule has 1 atom stereocenters. The van der Waals surface area contributed by atoms with Crippen LogP contribution in [-0.4, -0.2) is 85.6 Å². The zero-order chi connectivity index (χ0) is 28.5. The first-order valence-electron chi connectivity index (χ1n) is 15.5. The molecule has 0 N–H and O–H groups in total. The molecule has 1 amide bonds. The van der Waals surface area contributed by atoms with Crippen molar-refractivity contribution >= 4 is 11.6 Å². The number of hydrogen-bond acceptors (Lipinski definition) is 5. The van der Waals surface area contributed by atoms with Crippen LogP contribution in [0.2, 0.25) is 0 Å². The van der Waals surface area contributed by atoms with E-state index < -0.39 is 0 Å². The van der Waals surface area contributed by atoms with Gasteiger partial charge in [0.2, 0.25) is 5.91 Å². The Kier molecular flexibility index (Phi) is 11.3. The molecule has 2 heterocycles. The Hall–Kier alpha value is -2.57. The van der Waals surface area contributed by atoms with Crippen LogP contribution >= 0.6 is 0 Å². The zero-order valence-corrected chi connectivity index (χ0v) is 25.6. The predicted molar refractivity (Wildman–Crippen MR) is 166 cm³/mol. The van der Waals surface area contributed by atoms with Gasteiger partial charge in [0.1, 0.15) is 18.4 Å². The number of piperidine rings is 1. The van der Waals surface area contributed by atoms with Gasteiger partial charge in [0.15, 0.2) is 0 Å². The number of piperazine rings is 1. The summed E-state index contributed by atoms with van der Waals surface area (Å²) in [5.41, 5.74) is 2.43. The van der Waals surface area contributed by atoms with E-state index in [1.807, 2.05) is 18.2 Å². The first-order chi connectivity index (χ1) is 19.3. The van der Waals surface area contributed by atoms with Crippen LogP contribution < -0.4 is 9.64 Å². The minimum Gasteiger partial charge on any atom is -0.489 e. The van der Waals surface area contributed by atoms with Crippen molar-refractivity contribution in [2.45, 2.75) is 72.1 Å². The largest absolute Gasteiger partial charge is 0.489 e. The molecule has 6 nitrogen and oxygen atoms in total. The van der Waals surface area contributed by atoms with Gasteiger partial charge in [-0.3, -0.25) is 9.69 Å². The molecule has 1 unspecified atom stereocenters. The third kappa shape index (κ3) is 8.71. The molecule has 0 spiro atoms. The van der Waals surface area contributed by atoms with E-state index in [1.54, 1.807) is 0 Å². The van der Waals surface area contributed by atoms with Gasteiger partial charge in [-0.2, -0.15) is 0 Å². The Balaban J connectivity index is 1.37. The fourth-order valence-corrected chi connectivity index (χ4v) is 5.89. The Morgan fingerprint density at radius 1 is 0.900 bits per heavy atom. The van der Waals surface area contributed by atoms with E-state index in [1.165, 1.54) is 11.3 Å². The van der Waals surface area contributed by atoms with Crippen molar-refractivity contribution in [1.29, 1.82) is 0 Å². The lowest BCUT2D eigenvalue weighted by Crippen LogP contribution is -2.60. The minimum atomic E-state index is -0.00507. The second-order valence-electron chi connectivity index (χ2n) is 12.7. The fourth-order valence-electron chi connectivity index (χ4n) is 5.89. The summed E-state index contributed by atoms with van der Waals surface area (Å²) in [5, 5.41) is 0. The van der Waals surface area contributed by atoms with E-state index >= 15 is 0 Å². The van der Waals surface area contributed by atoms with Crippen LogP contribution in [0.1, 0.15) is 58.9 Å². The summed E-state index contributed by atoms with van der Waals surface area (Å²) in [6.07, 6.45) is 4.34. The van der Waals surface area contributed by atoms with Crippen LogP contribution in [0.5, 0.6) is 5.75 Å². The summed E-state index contributed by atoms with van der Waals surface area (Å²) >= 11 is 0. The maximum absolute atomic E-state index is 13.7. The number of likely N-dealkylation sites (tertiary alicyclic amines) is 1. The second kappa shape index (κ2) is 14.9. The molecular weight excluding hydrogens is 496 g/mol. The van der Waals surface area contributed by atoms with Gasteiger partial charge < -0.3 is 19.4 Å². The maximum Gasteiger partial charge on any atom is 0.241 e. The molecule has 0 saturated carbocycles. The van der Waals surface area contributed by atoms with Crippen molar-refractivity contribution < 1.29 is 9.53 Å². The highest BCUT2D eigenvalue weighted by Crippen LogP contribution is 2.28. The molecule has 220 valence electrons. The number of hydrogen-bond donors (Lipinski definition) is 0. The van der Waals surface area contributed by atoms with Crippen molar-refractivity contribution in [2.24, 2.45) is 11.8 Å². The van der Waals surface area contributed by atoms with Gasteiger partial charge in [0.25, 0.3) is 0 Å². The number of likely N-dealkylation sites (N-methyl/N-ethyl adjacent to an activating group) is 1.